The maximum absolute atomic E-state index is 12.0. The van der Waals surface area contributed by atoms with Gasteiger partial charge in [-0.25, -0.2) is 4.79 Å². The van der Waals surface area contributed by atoms with Crippen LogP contribution in [-0.4, -0.2) is 79.1 Å². The van der Waals surface area contributed by atoms with Gasteiger partial charge in [0.15, 0.2) is 0 Å². The summed E-state index contributed by atoms with van der Waals surface area (Å²) in [7, 11) is 0. The summed E-state index contributed by atoms with van der Waals surface area (Å²) in [6.45, 7) is 8.22. The van der Waals surface area contributed by atoms with Gasteiger partial charge >= 0.3 is 6.09 Å². The van der Waals surface area contributed by atoms with Crippen LogP contribution in [0.2, 0.25) is 0 Å². The Bertz CT molecular complexity index is 314. The molecule has 6 nitrogen and oxygen atoms in total. The highest BCUT2D eigenvalue weighted by atomic mass is 16.6. The number of rotatable bonds is 4. The topological polar surface area (TPSA) is 53.1 Å². The van der Waals surface area contributed by atoms with Gasteiger partial charge in [-0.05, 0) is 6.54 Å². The molecule has 18 heavy (non-hydrogen) atoms. The van der Waals surface area contributed by atoms with Crippen molar-refractivity contribution < 1.29 is 14.3 Å². The molecule has 2 aliphatic rings. The van der Waals surface area contributed by atoms with E-state index in [-0.39, 0.29) is 12.0 Å². The van der Waals surface area contributed by atoms with E-state index in [2.05, 4.69) is 11.8 Å². The molecule has 2 amide bonds. The second kappa shape index (κ2) is 6.04. The molecule has 0 saturated carbocycles. The summed E-state index contributed by atoms with van der Waals surface area (Å²) in [6, 6.07) is 0. The summed E-state index contributed by atoms with van der Waals surface area (Å²) in [6.07, 6.45) is 0.111. The number of amides is 2. The van der Waals surface area contributed by atoms with Crippen molar-refractivity contribution in [1.82, 2.24) is 14.7 Å². The molecule has 0 aromatic heterocycles. The maximum Gasteiger partial charge on any atom is 0.409 e. The lowest BCUT2D eigenvalue weighted by Gasteiger charge is -2.34. The van der Waals surface area contributed by atoms with E-state index < -0.39 is 0 Å². The van der Waals surface area contributed by atoms with E-state index in [1.54, 1.807) is 4.90 Å². The fraction of sp³-hybridized carbons (Fsp3) is 0.833. The minimum atomic E-state index is -0.293. The number of hydrogen-bond donors (Lipinski definition) is 0. The van der Waals surface area contributed by atoms with Gasteiger partial charge in [0, 0.05) is 39.1 Å². The molecule has 2 saturated heterocycles. The molecule has 2 fully saturated rings. The maximum atomic E-state index is 12.0. The SMILES string of the molecule is CCN1CCN(C(=O)CCN2CCOC2=O)CC1. The minimum Gasteiger partial charge on any atom is -0.448 e. The van der Waals surface area contributed by atoms with Crippen molar-refractivity contribution in [2.24, 2.45) is 0 Å². The zero-order valence-electron chi connectivity index (χ0n) is 10.9. The average molecular weight is 255 g/mol. The number of carbonyl (C=O) groups is 2. The molecule has 0 radical (unpaired) electrons. The third-order valence-electron chi connectivity index (χ3n) is 3.61. The van der Waals surface area contributed by atoms with Crippen LogP contribution in [0.3, 0.4) is 0 Å². The Morgan fingerprint density at radius 2 is 1.94 bits per heavy atom. The number of likely N-dealkylation sites (N-methyl/N-ethyl adjacent to an activating group) is 1. The monoisotopic (exact) mass is 255 g/mol. The first-order valence-corrected chi connectivity index (χ1v) is 6.62. The summed E-state index contributed by atoms with van der Waals surface area (Å²) >= 11 is 0. The number of nitrogens with zero attached hydrogens (tertiary/aromatic N) is 3. The molecule has 0 atom stereocenters. The minimum absolute atomic E-state index is 0.144. The van der Waals surface area contributed by atoms with Crippen molar-refractivity contribution in [2.75, 3.05) is 52.4 Å². The molecular formula is C12H21N3O3. The normalized spacial score (nSPS) is 21.3. The molecule has 0 bridgehead atoms. The van der Waals surface area contributed by atoms with Gasteiger partial charge in [0.1, 0.15) is 6.61 Å². The molecule has 6 heteroatoms. The second-order valence-electron chi connectivity index (χ2n) is 4.67. The third kappa shape index (κ3) is 3.13. The van der Waals surface area contributed by atoms with Crippen LogP contribution < -0.4 is 0 Å². The first kappa shape index (κ1) is 13.1. The number of ether oxygens (including phenoxy) is 1. The molecule has 102 valence electrons. The Balaban J connectivity index is 1.70. The third-order valence-corrected chi connectivity index (χ3v) is 3.61. The van der Waals surface area contributed by atoms with Crippen molar-refractivity contribution in [2.45, 2.75) is 13.3 Å². The molecule has 2 heterocycles. The summed E-state index contributed by atoms with van der Waals surface area (Å²) in [5.41, 5.74) is 0. The number of carbonyl (C=O) groups excluding carboxylic acids is 2. The number of cyclic esters (lactones) is 1. The van der Waals surface area contributed by atoms with Gasteiger partial charge in [0.05, 0.1) is 6.54 Å². The predicted molar refractivity (Wildman–Crippen MR) is 66.2 cm³/mol. The Morgan fingerprint density at radius 3 is 2.50 bits per heavy atom. The summed E-state index contributed by atoms with van der Waals surface area (Å²) < 4.78 is 4.83. The Kier molecular flexibility index (Phi) is 4.41. The van der Waals surface area contributed by atoms with Crippen LogP contribution in [0.15, 0.2) is 0 Å². The van der Waals surface area contributed by atoms with Crippen LogP contribution in [0.25, 0.3) is 0 Å². The lowest BCUT2D eigenvalue weighted by atomic mass is 10.2. The standard InChI is InChI=1S/C12H21N3O3/c1-2-13-5-7-14(8-6-13)11(16)3-4-15-9-10-18-12(15)17/h2-10H2,1H3. The molecule has 0 aromatic carbocycles. The van der Waals surface area contributed by atoms with Gasteiger partial charge in [-0.15, -0.1) is 0 Å². The smallest absolute Gasteiger partial charge is 0.409 e. The summed E-state index contributed by atoms with van der Waals surface area (Å²) in [5.74, 6) is 0.144. The lowest BCUT2D eigenvalue weighted by Crippen LogP contribution is -2.49. The van der Waals surface area contributed by atoms with Crippen LogP contribution in [0, 0.1) is 0 Å². The Hall–Kier alpha value is -1.30. The molecule has 2 aliphatic heterocycles. The van der Waals surface area contributed by atoms with Gasteiger partial charge in [-0.2, -0.15) is 0 Å². The number of piperazine rings is 1. The van der Waals surface area contributed by atoms with Gasteiger partial charge in [0.25, 0.3) is 0 Å². The predicted octanol–water partition coefficient (Wildman–Crippen LogP) is -0.00720. The molecule has 0 spiro atoms. The van der Waals surface area contributed by atoms with Gasteiger partial charge in [-0.1, -0.05) is 6.92 Å². The fourth-order valence-electron chi connectivity index (χ4n) is 2.33. The first-order chi connectivity index (χ1) is 8.70. The van der Waals surface area contributed by atoms with Crippen LogP contribution in [0.5, 0.6) is 0 Å². The van der Waals surface area contributed by atoms with E-state index in [4.69, 9.17) is 4.74 Å². The van der Waals surface area contributed by atoms with Crippen LogP contribution >= 0.6 is 0 Å². The van der Waals surface area contributed by atoms with Crippen LogP contribution in [-0.2, 0) is 9.53 Å². The van der Waals surface area contributed by atoms with Crippen molar-refractivity contribution in [1.29, 1.82) is 0 Å². The van der Waals surface area contributed by atoms with E-state index in [9.17, 15) is 9.59 Å². The molecule has 2 rings (SSSR count). The van der Waals surface area contributed by atoms with E-state index >= 15 is 0 Å². The summed E-state index contributed by atoms with van der Waals surface area (Å²) in [5, 5.41) is 0. The van der Waals surface area contributed by atoms with Crippen molar-refractivity contribution in [3.63, 3.8) is 0 Å². The van der Waals surface area contributed by atoms with E-state index in [1.165, 1.54) is 0 Å². The zero-order valence-corrected chi connectivity index (χ0v) is 10.9. The highest BCUT2D eigenvalue weighted by molar-refractivity contribution is 5.77. The number of hydrogen-bond acceptors (Lipinski definition) is 4. The van der Waals surface area contributed by atoms with Crippen molar-refractivity contribution in [3.05, 3.63) is 0 Å². The van der Waals surface area contributed by atoms with Crippen molar-refractivity contribution >= 4 is 12.0 Å². The van der Waals surface area contributed by atoms with Gasteiger partial charge in [0.2, 0.25) is 5.91 Å². The van der Waals surface area contributed by atoms with Gasteiger partial charge in [-0.3, -0.25) is 4.79 Å². The molecule has 0 aliphatic carbocycles. The van der Waals surface area contributed by atoms with E-state index in [0.717, 1.165) is 32.7 Å². The first-order valence-electron chi connectivity index (χ1n) is 6.62. The Labute approximate surface area is 107 Å². The second-order valence-corrected chi connectivity index (χ2v) is 4.67. The molecule has 0 unspecified atom stereocenters. The molecule has 0 N–H and O–H groups in total. The van der Waals surface area contributed by atoms with Crippen molar-refractivity contribution in [3.8, 4) is 0 Å². The van der Waals surface area contributed by atoms with Crippen LogP contribution in [0.4, 0.5) is 4.79 Å². The van der Waals surface area contributed by atoms with Crippen LogP contribution in [0.1, 0.15) is 13.3 Å². The average Bonchev–Trinajstić information content (AvgIpc) is 2.81. The zero-order chi connectivity index (χ0) is 13.0. The molecular weight excluding hydrogens is 234 g/mol. The summed E-state index contributed by atoms with van der Waals surface area (Å²) in [4.78, 5) is 29.0. The highest BCUT2D eigenvalue weighted by Gasteiger charge is 2.24. The van der Waals surface area contributed by atoms with E-state index in [1.807, 2.05) is 4.90 Å². The highest BCUT2D eigenvalue weighted by Crippen LogP contribution is 2.07. The van der Waals surface area contributed by atoms with Gasteiger partial charge < -0.3 is 19.4 Å². The fourth-order valence-corrected chi connectivity index (χ4v) is 2.33. The Morgan fingerprint density at radius 1 is 1.22 bits per heavy atom. The largest absolute Gasteiger partial charge is 0.448 e. The molecule has 0 aromatic rings. The quantitative estimate of drug-likeness (QED) is 0.709. The van der Waals surface area contributed by atoms with E-state index in [0.29, 0.717) is 26.1 Å². The lowest BCUT2D eigenvalue weighted by molar-refractivity contribution is -0.133.